The maximum absolute atomic E-state index is 14.1. The van der Waals surface area contributed by atoms with Gasteiger partial charge in [-0.05, 0) is 81.4 Å². The van der Waals surface area contributed by atoms with Crippen LogP contribution in [0.15, 0.2) is 133 Å². The molecule has 1 saturated heterocycles. The van der Waals surface area contributed by atoms with Crippen LogP contribution in [-0.4, -0.2) is 46.8 Å². The van der Waals surface area contributed by atoms with E-state index in [0.29, 0.717) is 18.4 Å². The van der Waals surface area contributed by atoms with E-state index in [2.05, 4.69) is 16.2 Å². The summed E-state index contributed by atoms with van der Waals surface area (Å²) in [4.78, 5) is 63.6. The van der Waals surface area contributed by atoms with Gasteiger partial charge in [0.25, 0.3) is 17.7 Å². The van der Waals surface area contributed by atoms with E-state index in [-0.39, 0.29) is 29.0 Å². The van der Waals surface area contributed by atoms with Gasteiger partial charge in [0.15, 0.2) is 18.0 Å². The van der Waals surface area contributed by atoms with Gasteiger partial charge in [-0.2, -0.15) is 0 Å². The van der Waals surface area contributed by atoms with Crippen LogP contribution in [0.3, 0.4) is 0 Å². The summed E-state index contributed by atoms with van der Waals surface area (Å²) in [7, 11) is 0. The first-order valence-electron chi connectivity index (χ1n) is 17.2. The highest BCUT2D eigenvalue weighted by atomic mass is 16.6. The van der Waals surface area contributed by atoms with Gasteiger partial charge in [0, 0.05) is 23.6 Å². The number of ketones is 1. The molecule has 0 aromatic heterocycles. The van der Waals surface area contributed by atoms with E-state index < -0.39 is 41.8 Å². The van der Waals surface area contributed by atoms with Crippen molar-refractivity contribution in [2.24, 2.45) is 5.92 Å². The van der Waals surface area contributed by atoms with Crippen LogP contribution in [0.1, 0.15) is 47.8 Å². The molecule has 1 fully saturated rings. The highest BCUT2D eigenvalue weighted by Gasteiger charge is 2.52. The van der Waals surface area contributed by atoms with Gasteiger partial charge in [0.1, 0.15) is 0 Å². The molecule has 1 aliphatic rings. The number of hydrazine groups is 1. The van der Waals surface area contributed by atoms with E-state index >= 15 is 0 Å². The molecule has 1 heterocycles. The minimum absolute atomic E-state index is 0.00782. The summed E-state index contributed by atoms with van der Waals surface area (Å²) in [6.07, 6.45) is -1.05. The number of fused-ring (bicyclic) bond motifs is 2. The van der Waals surface area contributed by atoms with Crippen molar-refractivity contribution in [1.29, 1.82) is 0 Å². The number of carbonyl (C=O) groups is 5. The van der Waals surface area contributed by atoms with Gasteiger partial charge in [-0.3, -0.25) is 30.0 Å². The molecule has 0 spiro atoms. The highest BCUT2D eigenvalue weighted by Crippen LogP contribution is 2.32. The molecule has 6 aromatic carbocycles. The second kappa shape index (κ2) is 15.3. The molecule has 264 valence electrons. The van der Waals surface area contributed by atoms with E-state index in [9.17, 15) is 24.0 Å². The molecule has 1 aliphatic heterocycles. The monoisotopic (exact) mass is 705 g/mol. The zero-order valence-electron chi connectivity index (χ0n) is 28.5. The second-order valence-corrected chi connectivity index (χ2v) is 13.0. The Morgan fingerprint density at radius 2 is 1.15 bits per heavy atom. The van der Waals surface area contributed by atoms with Crippen LogP contribution in [-0.2, 0) is 33.7 Å². The summed E-state index contributed by atoms with van der Waals surface area (Å²) >= 11 is 0. The average molecular weight is 706 g/mol. The number of epoxide rings is 1. The minimum Gasteiger partial charge on any atom is -0.478 e. The number of carboxylic acid groups (broad SMARTS) is 1. The molecule has 2 atom stereocenters. The maximum Gasteiger partial charge on any atom is 0.335 e. The third kappa shape index (κ3) is 7.98. The zero-order chi connectivity index (χ0) is 36.9. The molecule has 7 rings (SSSR count). The number of hydrogen-bond donors (Lipinski definition) is 4. The van der Waals surface area contributed by atoms with Crippen molar-refractivity contribution in [2.75, 3.05) is 0 Å². The smallest absolute Gasteiger partial charge is 0.335 e. The topological polar surface area (TPSA) is 154 Å². The summed E-state index contributed by atoms with van der Waals surface area (Å²) < 4.78 is 5.65. The molecule has 10 nitrogen and oxygen atoms in total. The van der Waals surface area contributed by atoms with Crippen molar-refractivity contribution in [3.8, 4) is 0 Å². The fourth-order valence-electron chi connectivity index (χ4n) is 6.62. The van der Waals surface area contributed by atoms with Gasteiger partial charge in [-0.1, -0.05) is 103 Å². The molecule has 3 amide bonds. The average Bonchev–Trinajstić information content (AvgIpc) is 4.00. The van der Waals surface area contributed by atoms with Crippen molar-refractivity contribution in [1.82, 2.24) is 16.2 Å². The number of hydrogen-bond acceptors (Lipinski definition) is 6. The summed E-state index contributed by atoms with van der Waals surface area (Å²) in [6.45, 7) is 0.144. The molecular weight excluding hydrogens is 670 g/mol. The number of benzene rings is 6. The lowest BCUT2D eigenvalue weighted by molar-refractivity contribution is -0.125. The molecule has 53 heavy (non-hydrogen) atoms. The van der Waals surface area contributed by atoms with Crippen LogP contribution in [0, 0.1) is 5.92 Å². The van der Waals surface area contributed by atoms with Gasteiger partial charge < -0.3 is 15.2 Å². The molecule has 0 saturated carbocycles. The second-order valence-electron chi connectivity index (χ2n) is 13.0. The zero-order valence-corrected chi connectivity index (χ0v) is 28.5. The molecule has 0 aliphatic carbocycles. The van der Waals surface area contributed by atoms with Crippen LogP contribution >= 0.6 is 0 Å². The quantitative estimate of drug-likeness (QED) is 0.0925. The molecule has 6 aromatic rings. The normalized spacial score (nSPS) is 14.8. The Morgan fingerprint density at radius 1 is 0.585 bits per heavy atom. The van der Waals surface area contributed by atoms with Crippen LogP contribution in [0.2, 0.25) is 0 Å². The SMILES string of the molecule is O=C(O)c1cccc(C(=O)NCc2ccc(C(=O)NNC(=O)[C@H]3O[C@@H]3C(=O)C(Cc3cccc4ccccc34)Cc3cccc4ccccc34)cc2)c1. The van der Waals surface area contributed by atoms with E-state index in [1.54, 1.807) is 24.3 Å². The van der Waals surface area contributed by atoms with E-state index in [1.165, 1.54) is 24.3 Å². The Bertz CT molecular complexity index is 2280. The molecular formula is C43H35N3O7. The summed E-state index contributed by atoms with van der Waals surface area (Å²) in [6, 6.07) is 40.3. The Balaban J connectivity index is 0.967. The Kier molecular flexibility index (Phi) is 10.0. The lowest BCUT2D eigenvalue weighted by atomic mass is 9.84. The maximum atomic E-state index is 14.1. The predicted octanol–water partition coefficient (Wildman–Crippen LogP) is 5.82. The number of carboxylic acids is 1. The third-order valence-electron chi connectivity index (χ3n) is 9.47. The van der Waals surface area contributed by atoms with Crippen LogP contribution in [0.5, 0.6) is 0 Å². The lowest BCUT2D eigenvalue weighted by Crippen LogP contribution is -2.44. The predicted molar refractivity (Wildman–Crippen MR) is 199 cm³/mol. The van der Waals surface area contributed by atoms with Gasteiger partial charge in [0.05, 0.1) is 5.56 Å². The molecule has 0 radical (unpaired) electrons. The molecule has 10 heteroatoms. The van der Waals surface area contributed by atoms with Gasteiger partial charge in [-0.25, -0.2) is 4.79 Å². The van der Waals surface area contributed by atoms with E-state index in [4.69, 9.17) is 9.84 Å². The first kappa shape index (κ1) is 34.8. The highest BCUT2D eigenvalue weighted by molar-refractivity contribution is 6.00. The van der Waals surface area contributed by atoms with Crippen molar-refractivity contribution in [3.05, 3.63) is 167 Å². The molecule has 0 bridgehead atoms. The number of aromatic carboxylic acids is 1. The number of carbonyl (C=O) groups excluding carboxylic acids is 4. The molecule has 0 unspecified atom stereocenters. The summed E-state index contributed by atoms with van der Waals surface area (Å²) in [5.74, 6) is -3.41. The van der Waals surface area contributed by atoms with Crippen molar-refractivity contribution >= 4 is 51.0 Å². The first-order valence-corrected chi connectivity index (χ1v) is 17.2. The first-order chi connectivity index (χ1) is 25.7. The Hall–Kier alpha value is -6.65. The van der Waals surface area contributed by atoms with E-state index in [1.807, 2.05) is 84.9 Å². The standard InChI is InChI=1S/C43H35N3O7/c47-37(34(22-30-12-5-10-27-8-1-3-16-35(27)30)23-31-13-6-11-28-9-2-4-17-36(28)31)38-39(53-38)42(50)46-45-41(49)29-20-18-26(19-21-29)25-44-40(48)32-14-7-15-33(24-32)43(51)52/h1-21,24,34,38-39H,22-23,25H2,(H,44,48)(H,45,49)(H,46,50)(H,51,52)/t38-,39+/m1/s1. The fourth-order valence-corrected chi connectivity index (χ4v) is 6.62. The summed E-state index contributed by atoms with van der Waals surface area (Å²) in [5, 5.41) is 16.2. The van der Waals surface area contributed by atoms with Gasteiger partial charge >= 0.3 is 5.97 Å². The van der Waals surface area contributed by atoms with Crippen molar-refractivity contribution < 1.29 is 33.8 Å². The van der Waals surface area contributed by atoms with Crippen molar-refractivity contribution in [3.63, 3.8) is 0 Å². The Labute approximate surface area is 304 Å². The summed E-state index contributed by atoms with van der Waals surface area (Å²) in [5.41, 5.74) is 8.02. The molecule has 4 N–H and O–H groups in total. The van der Waals surface area contributed by atoms with Crippen molar-refractivity contribution in [2.45, 2.75) is 31.6 Å². The lowest BCUT2D eigenvalue weighted by Gasteiger charge is -2.18. The van der Waals surface area contributed by atoms with E-state index in [0.717, 1.165) is 32.7 Å². The minimum atomic E-state index is -1.13. The largest absolute Gasteiger partial charge is 0.478 e. The van der Waals surface area contributed by atoms with Gasteiger partial charge in [0.2, 0.25) is 0 Å². The Morgan fingerprint density at radius 3 is 1.77 bits per heavy atom. The van der Waals surface area contributed by atoms with Crippen LogP contribution < -0.4 is 16.2 Å². The van der Waals surface area contributed by atoms with Crippen LogP contribution in [0.25, 0.3) is 21.5 Å². The number of ether oxygens (including phenoxy) is 1. The van der Waals surface area contributed by atoms with Crippen LogP contribution in [0.4, 0.5) is 0 Å². The van der Waals surface area contributed by atoms with Gasteiger partial charge in [-0.15, -0.1) is 0 Å². The third-order valence-corrected chi connectivity index (χ3v) is 9.47. The number of amides is 3. The number of nitrogens with one attached hydrogen (secondary N) is 3. The fraction of sp³-hybridized carbons (Fsp3) is 0.140. The number of rotatable bonds is 12. The number of Topliss-reactive ketones (excluding diaryl/α,β-unsaturated/α-hetero) is 1.